The van der Waals surface area contributed by atoms with Gasteiger partial charge in [-0.1, -0.05) is 30.3 Å². The molecule has 0 spiro atoms. The summed E-state index contributed by atoms with van der Waals surface area (Å²) in [5, 5.41) is 0. The van der Waals surface area contributed by atoms with Crippen molar-refractivity contribution >= 4 is 15.9 Å². The molecule has 0 aliphatic heterocycles. The van der Waals surface area contributed by atoms with Crippen LogP contribution in [0, 0.1) is 0 Å². The Morgan fingerprint density at radius 1 is 1.35 bits per heavy atom. The van der Waals surface area contributed by atoms with Crippen LogP contribution in [0.4, 0.5) is 0 Å². The van der Waals surface area contributed by atoms with Crippen LogP contribution < -0.4 is 10.5 Å². The van der Waals surface area contributed by atoms with E-state index >= 15 is 0 Å². The van der Waals surface area contributed by atoms with Crippen LogP contribution in [0.1, 0.15) is 12.0 Å². The van der Waals surface area contributed by atoms with Gasteiger partial charge in [-0.3, -0.25) is 4.79 Å². The zero-order valence-corrected chi connectivity index (χ0v) is 10.4. The molecule has 0 saturated heterocycles. The summed E-state index contributed by atoms with van der Waals surface area (Å²) < 4.78 is 24.3. The third-order valence-electron chi connectivity index (χ3n) is 2.26. The molecule has 1 aromatic carbocycles. The van der Waals surface area contributed by atoms with Gasteiger partial charge in [-0.25, -0.2) is 13.1 Å². The molecule has 0 radical (unpaired) electrons. The lowest BCUT2D eigenvalue weighted by Crippen LogP contribution is -2.44. The number of amides is 1. The van der Waals surface area contributed by atoms with Crippen molar-refractivity contribution in [1.82, 2.24) is 4.72 Å². The van der Waals surface area contributed by atoms with E-state index < -0.39 is 22.0 Å². The predicted octanol–water partition coefficient (Wildman–Crippen LogP) is 0.0223. The SMILES string of the molecule is CS(=O)(=O)NC(CCc1ccccc1)C(N)=O. The molecular weight excluding hydrogens is 240 g/mol. The number of aryl methyl sites for hydroxylation is 1. The highest BCUT2D eigenvalue weighted by atomic mass is 32.2. The molecule has 0 aliphatic rings. The third kappa shape index (κ3) is 5.46. The standard InChI is InChI=1S/C11H16N2O3S/c1-17(15,16)13-10(11(12)14)8-7-9-5-3-2-4-6-9/h2-6,10,13H,7-8H2,1H3,(H2,12,14). The molecule has 1 amide bonds. The van der Waals surface area contributed by atoms with Crippen LogP contribution in [0.2, 0.25) is 0 Å². The number of nitrogens with one attached hydrogen (secondary N) is 1. The van der Waals surface area contributed by atoms with Crippen molar-refractivity contribution in [2.75, 3.05) is 6.26 Å². The number of hydrogen-bond donors (Lipinski definition) is 2. The van der Waals surface area contributed by atoms with E-state index in [4.69, 9.17) is 5.73 Å². The monoisotopic (exact) mass is 256 g/mol. The van der Waals surface area contributed by atoms with Gasteiger partial charge in [0, 0.05) is 0 Å². The molecule has 17 heavy (non-hydrogen) atoms. The lowest BCUT2D eigenvalue weighted by Gasteiger charge is -2.13. The molecule has 0 bridgehead atoms. The van der Waals surface area contributed by atoms with E-state index in [1.807, 2.05) is 30.3 Å². The summed E-state index contributed by atoms with van der Waals surface area (Å²) in [6, 6.07) is 8.64. The van der Waals surface area contributed by atoms with E-state index in [-0.39, 0.29) is 0 Å². The summed E-state index contributed by atoms with van der Waals surface area (Å²) >= 11 is 0. The van der Waals surface area contributed by atoms with Crippen LogP contribution in [0.5, 0.6) is 0 Å². The van der Waals surface area contributed by atoms with E-state index in [9.17, 15) is 13.2 Å². The maximum Gasteiger partial charge on any atom is 0.235 e. The van der Waals surface area contributed by atoms with Gasteiger partial charge in [0.1, 0.15) is 6.04 Å². The Hall–Kier alpha value is -1.40. The Balaban J connectivity index is 2.60. The second kappa shape index (κ2) is 5.79. The summed E-state index contributed by atoms with van der Waals surface area (Å²) in [5.74, 6) is -0.661. The van der Waals surface area contributed by atoms with Crippen LogP contribution in [0.3, 0.4) is 0 Å². The molecule has 1 unspecified atom stereocenters. The molecule has 94 valence electrons. The normalized spacial score (nSPS) is 13.2. The van der Waals surface area contributed by atoms with Crippen molar-refractivity contribution in [3.8, 4) is 0 Å². The van der Waals surface area contributed by atoms with Crippen LogP contribution in [0.25, 0.3) is 0 Å². The Morgan fingerprint density at radius 3 is 2.41 bits per heavy atom. The fourth-order valence-electron chi connectivity index (χ4n) is 1.47. The van der Waals surface area contributed by atoms with Gasteiger partial charge in [0.2, 0.25) is 15.9 Å². The molecule has 0 aliphatic carbocycles. The van der Waals surface area contributed by atoms with Crippen molar-refractivity contribution in [3.05, 3.63) is 35.9 Å². The van der Waals surface area contributed by atoms with Gasteiger partial charge in [-0.05, 0) is 18.4 Å². The Morgan fingerprint density at radius 2 is 1.94 bits per heavy atom. The summed E-state index contributed by atoms with van der Waals surface area (Å²) in [6.45, 7) is 0. The zero-order chi connectivity index (χ0) is 12.9. The van der Waals surface area contributed by atoms with Gasteiger partial charge >= 0.3 is 0 Å². The third-order valence-corrected chi connectivity index (χ3v) is 2.98. The topological polar surface area (TPSA) is 89.3 Å². The van der Waals surface area contributed by atoms with Crippen molar-refractivity contribution < 1.29 is 13.2 Å². The molecule has 6 heteroatoms. The van der Waals surface area contributed by atoms with Crippen molar-refractivity contribution in [2.24, 2.45) is 5.73 Å². The first-order valence-corrected chi connectivity index (χ1v) is 7.08. The fraction of sp³-hybridized carbons (Fsp3) is 0.364. The minimum Gasteiger partial charge on any atom is -0.368 e. The Labute approximate surface area is 101 Å². The second-order valence-electron chi connectivity index (χ2n) is 3.87. The van der Waals surface area contributed by atoms with Crippen LogP contribution in [0.15, 0.2) is 30.3 Å². The van der Waals surface area contributed by atoms with Gasteiger partial charge in [0.25, 0.3) is 0 Å². The van der Waals surface area contributed by atoms with Gasteiger partial charge in [-0.2, -0.15) is 0 Å². The molecule has 1 aromatic rings. The average Bonchev–Trinajstić information content (AvgIpc) is 2.24. The van der Waals surface area contributed by atoms with Crippen molar-refractivity contribution in [2.45, 2.75) is 18.9 Å². The van der Waals surface area contributed by atoms with E-state index in [0.717, 1.165) is 11.8 Å². The maximum absolute atomic E-state index is 11.1. The molecule has 1 atom stereocenters. The summed E-state index contributed by atoms with van der Waals surface area (Å²) in [5.41, 5.74) is 6.18. The van der Waals surface area contributed by atoms with Gasteiger partial charge in [-0.15, -0.1) is 0 Å². The van der Waals surface area contributed by atoms with Crippen LogP contribution in [-0.2, 0) is 21.2 Å². The largest absolute Gasteiger partial charge is 0.368 e. The number of carbonyl (C=O) groups excluding carboxylic acids is 1. The number of hydrogen-bond acceptors (Lipinski definition) is 3. The highest BCUT2D eigenvalue weighted by Crippen LogP contribution is 2.05. The van der Waals surface area contributed by atoms with Crippen molar-refractivity contribution in [1.29, 1.82) is 0 Å². The van der Waals surface area contributed by atoms with Gasteiger partial charge < -0.3 is 5.73 Å². The summed E-state index contributed by atoms with van der Waals surface area (Å²) in [6.07, 6.45) is 1.95. The highest BCUT2D eigenvalue weighted by molar-refractivity contribution is 7.88. The van der Waals surface area contributed by atoms with E-state index in [1.54, 1.807) is 0 Å². The molecule has 0 saturated carbocycles. The minimum absolute atomic E-state index is 0.354. The van der Waals surface area contributed by atoms with Gasteiger partial charge in [0.15, 0.2) is 0 Å². The molecule has 3 N–H and O–H groups in total. The maximum atomic E-state index is 11.1. The molecule has 0 aromatic heterocycles. The van der Waals surface area contributed by atoms with Crippen molar-refractivity contribution in [3.63, 3.8) is 0 Å². The molecule has 5 nitrogen and oxygen atoms in total. The first kappa shape index (κ1) is 13.7. The summed E-state index contributed by atoms with van der Waals surface area (Å²) in [4.78, 5) is 11.1. The molecule has 0 heterocycles. The Kier molecular flexibility index (Phi) is 4.65. The van der Waals surface area contributed by atoms with E-state index in [2.05, 4.69) is 4.72 Å². The zero-order valence-electron chi connectivity index (χ0n) is 9.59. The average molecular weight is 256 g/mol. The minimum atomic E-state index is -3.42. The molecule has 0 fully saturated rings. The number of primary amides is 1. The van der Waals surface area contributed by atoms with Crippen LogP contribution in [-0.4, -0.2) is 26.6 Å². The lowest BCUT2D eigenvalue weighted by atomic mass is 10.1. The number of benzene rings is 1. The second-order valence-corrected chi connectivity index (χ2v) is 5.65. The van der Waals surface area contributed by atoms with E-state index in [0.29, 0.717) is 12.8 Å². The summed E-state index contributed by atoms with van der Waals surface area (Å²) in [7, 11) is -3.42. The quantitative estimate of drug-likeness (QED) is 0.752. The number of rotatable bonds is 6. The molecule has 1 rings (SSSR count). The number of carbonyl (C=O) groups is 1. The molecular formula is C11H16N2O3S. The predicted molar refractivity (Wildman–Crippen MR) is 65.7 cm³/mol. The Bertz CT molecular complexity index is 471. The van der Waals surface area contributed by atoms with Crippen LogP contribution >= 0.6 is 0 Å². The number of nitrogens with two attached hydrogens (primary N) is 1. The van der Waals surface area contributed by atoms with Gasteiger partial charge in [0.05, 0.1) is 6.26 Å². The number of sulfonamides is 1. The van der Waals surface area contributed by atoms with E-state index in [1.165, 1.54) is 0 Å². The highest BCUT2D eigenvalue weighted by Gasteiger charge is 2.18. The smallest absolute Gasteiger partial charge is 0.235 e. The first-order valence-electron chi connectivity index (χ1n) is 5.19. The fourth-order valence-corrected chi connectivity index (χ4v) is 2.22. The lowest BCUT2D eigenvalue weighted by molar-refractivity contribution is -0.119. The first-order chi connectivity index (χ1) is 7.88.